The van der Waals surface area contributed by atoms with Crippen LogP contribution in [0.2, 0.25) is 0 Å². The number of benzene rings is 2. The maximum absolute atomic E-state index is 13.7. The molecule has 0 spiro atoms. The monoisotopic (exact) mass is 529 g/mol. The Balaban J connectivity index is 1.34. The van der Waals surface area contributed by atoms with E-state index >= 15 is 0 Å². The lowest BCUT2D eigenvalue weighted by Gasteiger charge is -2.32. The SMILES string of the molecule is COc1ccc(S(=O)(=O)N2CCC(C(=O)N(Cc3ccco3)c3nc4ccc(F)cc4s3)CC2)cc1. The van der Waals surface area contributed by atoms with Gasteiger partial charge in [-0.05, 0) is 67.4 Å². The lowest BCUT2D eigenvalue weighted by molar-refractivity contribution is -0.123. The molecule has 0 aliphatic carbocycles. The first kappa shape index (κ1) is 24.4. The number of amides is 1. The molecule has 188 valence electrons. The van der Waals surface area contributed by atoms with Crippen molar-refractivity contribution in [1.82, 2.24) is 9.29 Å². The van der Waals surface area contributed by atoms with Crippen LogP contribution in [-0.4, -0.2) is 43.8 Å². The zero-order valence-electron chi connectivity index (χ0n) is 19.5. The molecule has 0 N–H and O–H groups in total. The lowest BCUT2D eigenvalue weighted by Crippen LogP contribution is -2.44. The predicted octanol–water partition coefficient (Wildman–Crippen LogP) is 4.67. The Hall–Kier alpha value is -3.28. The van der Waals surface area contributed by atoms with E-state index in [1.165, 1.54) is 53.3 Å². The van der Waals surface area contributed by atoms with Gasteiger partial charge in [0.15, 0.2) is 5.13 Å². The molecule has 8 nitrogen and oxygen atoms in total. The molecular weight excluding hydrogens is 505 g/mol. The van der Waals surface area contributed by atoms with Gasteiger partial charge in [-0.2, -0.15) is 4.31 Å². The van der Waals surface area contributed by atoms with Crippen LogP contribution in [0.4, 0.5) is 9.52 Å². The third-order valence-electron chi connectivity index (χ3n) is 6.23. The van der Waals surface area contributed by atoms with Gasteiger partial charge in [-0.25, -0.2) is 17.8 Å². The molecule has 1 aliphatic heterocycles. The summed E-state index contributed by atoms with van der Waals surface area (Å²) < 4.78 is 52.5. The van der Waals surface area contributed by atoms with Crippen LogP contribution in [0.25, 0.3) is 10.2 Å². The molecule has 1 fully saturated rings. The molecular formula is C25H24FN3O5S2. The van der Waals surface area contributed by atoms with Gasteiger partial charge in [0.25, 0.3) is 0 Å². The second kappa shape index (κ2) is 10.00. The molecule has 2 aromatic heterocycles. The summed E-state index contributed by atoms with van der Waals surface area (Å²) in [6, 6.07) is 14.1. The first-order valence-corrected chi connectivity index (χ1v) is 13.6. The van der Waals surface area contributed by atoms with Crippen LogP contribution in [-0.2, 0) is 21.4 Å². The van der Waals surface area contributed by atoms with Gasteiger partial charge in [-0.1, -0.05) is 11.3 Å². The minimum Gasteiger partial charge on any atom is -0.497 e. The summed E-state index contributed by atoms with van der Waals surface area (Å²) in [6.45, 7) is 0.632. The number of carbonyl (C=O) groups excluding carboxylic acids is 1. The van der Waals surface area contributed by atoms with E-state index < -0.39 is 10.0 Å². The molecule has 5 rings (SSSR count). The third kappa shape index (κ3) is 4.86. The average Bonchev–Trinajstić information content (AvgIpc) is 3.56. The molecule has 3 heterocycles. The minimum atomic E-state index is -3.68. The molecule has 4 aromatic rings. The van der Waals surface area contributed by atoms with Crippen molar-refractivity contribution in [3.8, 4) is 5.75 Å². The maximum atomic E-state index is 13.7. The predicted molar refractivity (Wildman–Crippen MR) is 134 cm³/mol. The van der Waals surface area contributed by atoms with Gasteiger partial charge in [0.05, 0.1) is 35.0 Å². The van der Waals surface area contributed by atoms with Crippen molar-refractivity contribution in [2.24, 2.45) is 5.92 Å². The van der Waals surface area contributed by atoms with Crippen LogP contribution in [0, 0.1) is 11.7 Å². The molecule has 2 aromatic carbocycles. The third-order valence-corrected chi connectivity index (χ3v) is 9.18. The Bertz CT molecular complexity index is 1460. The van der Waals surface area contributed by atoms with Crippen LogP contribution in [0.1, 0.15) is 18.6 Å². The van der Waals surface area contributed by atoms with Gasteiger partial charge in [-0.15, -0.1) is 0 Å². The zero-order chi connectivity index (χ0) is 25.3. The van der Waals surface area contributed by atoms with Crippen LogP contribution >= 0.6 is 11.3 Å². The molecule has 0 radical (unpaired) electrons. The van der Waals surface area contributed by atoms with Crippen LogP contribution < -0.4 is 9.64 Å². The number of nitrogens with zero attached hydrogens (tertiary/aromatic N) is 3. The van der Waals surface area contributed by atoms with Gasteiger partial charge in [0.2, 0.25) is 15.9 Å². The first-order valence-electron chi connectivity index (χ1n) is 11.4. The number of thiazole rings is 1. The molecule has 0 unspecified atom stereocenters. The Morgan fingerprint density at radius 3 is 2.61 bits per heavy atom. The van der Waals surface area contributed by atoms with Crippen molar-refractivity contribution in [1.29, 1.82) is 0 Å². The van der Waals surface area contributed by atoms with Crippen LogP contribution in [0.3, 0.4) is 0 Å². The van der Waals surface area contributed by atoms with Crippen molar-refractivity contribution < 1.29 is 26.8 Å². The Labute approximate surface area is 212 Å². The number of methoxy groups -OCH3 is 1. The van der Waals surface area contributed by atoms with E-state index in [1.807, 2.05) is 0 Å². The summed E-state index contributed by atoms with van der Waals surface area (Å²) in [5.74, 6) is 0.256. The highest BCUT2D eigenvalue weighted by Crippen LogP contribution is 2.33. The highest BCUT2D eigenvalue weighted by molar-refractivity contribution is 7.89. The highest BCUT2D eigenvalue weighted by Gasteiger charge is 2.35. The molecule has 11 heteroatoms. The minimum absolute atomic E-state index is 0.160. The van der Waals surface area contributed by atoms with E-state index in [4.69, 9.17) is 9.15 Å². The quantitative estimate of drug-likeness (QED) is 0.345. The number of hydrogen-bond acceptors (Lipinski definition) is 7. The van der Waals surface area contributed by atoms with E-state index in [2.05, 4.69) is 4.98 Å². The number of fused-ring (bicyclic) bond motifs is 1. The second-order valence-corrected chi connectivity index (χ2v) is 11.4. The number of furan rings is 1. The van der Waals surface area contributed by atoms with Gasteiger partial charge in [0.1, 0.15) is 17.3 Å². The standard InChI is InChI=1S/C25H24FN3O5S2/c1-33-19-5-7-21(8-6-19)36(31,32)28-12-10-17(11-13-28)24(30)29(16-20-3-2-14-34-20)25-27-22-9-4-18(26)15-23(22)35-25/h2-9,14-15,17H,10-13,16H2,1H3. The molecule has 36 heavy (non-hydrogen) atoms. The van der Waals surface area contributed by atoms with Crippen molar-refractivity contribution >= 4 is 42.6 Å². The topological polar surface area (TPSA) is 93.0 Å². The molecule has 0 bridgehead atoms. The fraction of sp³-hybridized carbons (Fsp3) is 0.280. The van der Waals surface area contributed by atoms with Gasteiger partial charge in [0, 0.05) is 19.0 Å². The Kier molecular flexibility index (Phi) is 6.78. The number of anilines is 1. The van der Waals surface area contributed by atoms with E-state index in [-0.39, 0.29) is 42.2 Å². The number of rotatable bonds is 7. The summed E-state index contributed by atoms with van der Waals surface area (Å²) in [6.07, 6.45) is 2.29. The molecule has 0 atom stereocenters. The van der Waals surface area contributed by atoms with Gasteiger partial charge >= 0.3 is 0 Å². The van der Waals surface area contributed by atoms with Crippen LogP contribution in [0.5, 0.6) is 5.75 Å². The summed E-state index contributed by atoms with van der Waals surface area (Å²) >= 11 is 1.23. The van der Waals surface area contributed by atoms with Crippen LogP contribution in [0.15, 0.2) is 70.2 Å². The summed E-state index contributed by atoms with van der Waals surface area (Å²) in [5.41, 5.74) is 0.606. The maximum Gasteiger partial charge on any atom is 0.243 e. The zero-order valence-corrected chi connectivity index (χ0v) is 21.1. The molecule has 1 amide bonds. The van der Waals surface area contributed by atoms with Crippen molar-refractivity contribution in [2.75, 3.05) is 25.1 Å². The number of hydrogen-bond donors (Lipinski definition) is 0. The van der Waals surface area contributed by atoms with E-state index in [0.717, 1.165) is 0 Å². The molecule has 1 saturated heterocycles. The fourth-order valence-corrected chi connectivity index (χ4v) is 6.73. The lowest BCUT2D eigenvalue weighted by atomic mass is 9.96. The normalized spacial score (nSPS) is 15.3. The number of aromatic nitrogens is 1. The summed E-state index contributed by atoms with van der Waals surface area (Å²) in [5, 5.41) is 0.449. The number of piperidine rings is 1. The highest BCUT2D eigenvalue weighted by atomic mass is 32.2. The first-order chi connectivity index (χ1) is 17.3. The second-order valence-electron chi connectivity index (χ2n) is 8.47. The molecule has 1 aliphatic rings. The number of ether oxygens (including phenoxy) is 1. The smallest absolute Gasteiger partial charge is 0.243 e. The fourth-order valence-electron chi connectivity index (χ4n) is 4.26. The Morgan fingerprint density at radius 1 is 1.19 bits per heavy atom. The summed E-state index contributed by atoms with van der Waals surface area (Å²) in [7, 11) is -2.16. The van der Waals surface area contributed by atoms with Crippen molar-refractivity contribution in [3.63, 3.8) is 0 Å². The average molecular weight is 530 g/mol. The van der Waals surface area contributed by atoms with E-state index in [9.17, 15) is 17.6 Å². The van der Waals surface area contributed by atoms with E-state index in [0.29, 0.717) is 39.7 Å². The van der Waals surface area contributed by atoms with Crippen molar-refractivity contribution in [2.45, 2.75) is 24.3 Å². The van der Waals surface area contributed by atoms with Gasteiger partial charge < -0.3 is 9.15 Å². The molecule has 0 saturated carbocycles. The largest absolute Gasteiger partial charge is 0.497 e. The summed E-state index contributed by atoms with van der Waals surface area (Å²) in [4.78, 5) is 20.0. The number of sulfonamides is 1. The Morgan fingerprint density at radius 2 is 1.94 bits per heavy atom. The number of carbonyl (C=O) groups is 1. The van der Waals surface area contributed by atoms with E-state index in [1.54, 1.807) is 35.2 Å². The van der Waals surface area contributed by atoms with Gasteiger partial charge in [-0.3, -0.25) is 9.69 Å². The van der Waals surface area contributed by atoms with Crippen molar-refractivity contribution in [3.05, 3.63) is 72.4 Å². The number of halogens is 1.